The molecule has 0 aromatic carbocycles. The molecule has 3 N–H and O–H groups in total. The van der Waals surface area contributed by atoms with Crippen LogP contribution in [0.3, 0.4) is 0 Å². The van der Waals surface area contributed by atoms with Crippen molar-refractivity contribution in [2.45, 2.75) is 58.0 Å². The highest BCUT2D eigenvalue weighted by molar-refractivity contribution is 5.73. The van der Waals surface area contributed by atoms with E-state index in [-0.39, 0.29) is 6.61 Å². The van der Waals surface area contributed by atoms with Crippen LogP contribution in [0.2, 0.25) is 0 Å². The molecule has 0 bridgehead atoms. The van der Waals surface area contributed by atoms with Gasteiger partial charge in [-0.1, -0.05) is 18.0 Å². The van der Waals surface area contributed by atoms with Crippen LogP contribution in [-0.4, -0.2) is 49.0 Å². The van der Waals surface area contributed by atoms with Crippen molar-refractivity contribution >= 4 is 29.7 Å². The van der Waals surface area contributed by atoms with Crippen LogP contribution in [0.25, 0.3) is 17.2 Å². The summed E-state index contributed by atoms with van der Waals surface area (Å²) in [6.45, 7) is 2.58. The summed E-state index contributed by atoms with van der Waals surface area (Å²) in [4.78, 5) is 33.5. The van der Waals surface area contributed by atoms with Crippen molar-refractivity contribution in [2.75, 3.05) is 17.7 Å². The molecular weight excluding hydrogens is 476 g/mol. The molecule has 0 saturated heterocycles. The number of nitrogens with two attached hydrogens (primary N) is 1. The van der Waals surface area contributed by atoms with E-state index in [1.165, 1.54) is 12.8 Å². The van der Waals surface area contributed by atoms with Crippen LogP contribution < -0.4 is 11.1 Å². The first-order valence-electron chi connectivity index (χ1n) is 12.2. The van der Waals surface area contributed by atoms with E-state index in [1.54, 1.807) is 24.7 Å². The van der Waals surface area contributed by atoms with Gasteiger partial charge >= 0.3 is 0 Å². The molecule has 0 radical (unpaired) electrons. The predicted molar refractivity (Wildman–Crippen MR) is 136 cm³/mol. The summed E-state index contributed by atoms with van der Waals surface area (Å²) in [5.41, 5.74) is 10.5. The van der Waals surface area contributed by atoms with Crippen molar-refractivity contribution in [1.82, 2.24) is 29.7 Å². The average Bonchev–Trinajstić information content (AvgIpc) is 3.67. The number of hydrogen-bond acceptors (Lipinski definition) is 10. The minimum atomic E-state index is 0.222. The Morgan fingerprint density at radius 3 is 2.84 bits per heavy atom. The number of nitrogens with one attached hydrogen (secondary N) is 1. The van der Waals surface area contributed by atoms with Gasteiger partial charge in [-0.2, -0.15) is 10.1 Å². The van der Waals surface area contributed by atoms with Gasteiger partial charge in [-0.3, -0.25) is 9.78 Å². The minimum Gasteiger partial charge on any atom is -0.397 e. The fourth-order valence-electron chi connectivity index (χ4n) is 4.33. The van der Waals surface area contributed by atoms with E-state index in [9.17, 15) is 9.59 Å². The Labute approximate surface area is 213 Å². The maximum absolute atomic E-state index is 10.6. The normalized spacial score (nSPS) is 13.3. The maximum atomic E-state index is 10.6. The van der Waals surface area contributed by atoms with E-state index in [1.807, 2.05) is 17.5 Å². The van der Waals surface area contributed by atoms with Gasteiger partial charge in [-0.05, 0) is 37.8 Å². The lowest BCUT2D eigenvalue weighted by atomic mass is 10.0. The summed E-state index contributed by atoms with van der Waals surface area (Å²) < 4.78 is 12.3. The number of carbonyl (C=O) groups excluding carboxylic acids is 2. The third kappa shape index (κ3) is 6.53. The van der Waals surface area contributed by atoms with Crippen LogP contribution >= 0.6 is 0 Å². The Balaban J connectivity index is 0.000000175. The summed E-state index contributed by atoms with van der Waals surface area (Å²) >= 11 is 0. The molecule has 1 saturated carbocycles. The molecule has 0 spiro atoms. The number of aldehydes is 1. The maximum Gasteiger partial charge on any atom is 0.252 e. The summed E-state index contributed by atoms with van der Waals surface area (Å²) in [7, 11) is 0. The zero-order valence-corrected chi connectivity index (χ0v) is 20.7. The summed E-state index contributed by atoms with van der Waals surface area (Å²) in [6.07, 6.45) is 12.6. The van der Waals surface area contributed by atoms with E-state index < -0.39 is 0 Å². The van der Waals surface area contributed by atoms with Gasteiger partial charge in [0, 0.05) is 25.0 Å². The summed E-state index contributed by atoms with van der Waals surface area (Å²) in [5.74, 6) is 1.26. The van der Waals surface area contributed by atoms with Gasteiger partial charge < -0.3 is 25.1 Å². The number of pyridine rings is 1. The fraction of sp³-hybridized carbons (Fsp3) is 0.400. The molecule has 1 aliphatic rings. The number of unbranched alkanes of at least 4 members (excludes halogenated alkanes) is 1. The van der Waals surface area contributed by atoms with Crippen molar-refractivity contribution in [3.8, 4) is 11.5 Å². The molecule has 4 aromatic rings. The van der Waals surface area contributed by atoms with Gasteiger partial charge in [0.1, 0.15) is 18.6 Å². The highest BCUT2D eigenvalue weighted by atomic mass is 16.5. The molecule has 1 amide bonds. The van der Waals surface area contributed by atoms with E-state index in [0.29, 0.717) is 54.9 Å². The van der Waals surface area contributed by atoms with Gasteiger partial charge in [0.15, 0.2) is 5.65 Å². The number of fused-ring (bicyclic) bond motifs is 1. The zero-order chi connectivity index (χ0) is 26.0. The molecule has 0 atom stereocenters. The Morgan fingerprint density at radius 2 is 2.08 bits per heavy atom. The quantitative estimate of drug-likeness (QED) is 0.240. The van der Waals surface area contributed by atoms with E-state index in [0.717, 1.165) is 41.7 Å². The van der Waals surface area contributed by atoms with Gasteiger partial charge in [0.2, 0.25) is 12.2 Å². The molecule has 0 unspecified atom stereocenters. The first-order valence-corrected chi connectivity index (χ1v) is 12.2. The highest BCUT2D eigenvalue weighted by Crippen LogP contribution is 2.37. The standard InChI is InChI=1S/C13H16N4O3.C12H14N4O/c1-9-6-10(14)7-15-12(9)13-16-11(20-17-13)8-19-5-3-2-4-18;17-8-14-10-7-13-11-5-6-15-16(11)12(10)9-3-1-2-4-9/h4,6-7H,2-3,5,8,14H2,1H3;5-9H,1-4H2,(H,14,17). The van der Waals surface area contributed by atoms with Crippen LogP contribution in [0, 0.1) is 6.92 Å². The van der Waals surface area contributed by atoms with E-state index >= 15 is 0 Å². The second-order valence-electron chi connectivity index (χ2n) is 8.71. The first-order chi connectivity index (χ1) is 18.1. The highest BCUT2D eigenvalue weighted by Gasteiger charge is 2.23. The molecule has 37 heavy (non-hydrogen) atoms. The van der Waals surface area contributed by atoms with Crippen molar-refractivity contribution < 1.29 is 18.8 Å². The molecule has 12 heteroatoms. The molecule has 1 aliphatic carbocycles. The number of hydrogen-bond donors (Lipinski definition) is 2. The fourth-order valence-corrected chi connectivity index (χ4v) is 4.33. The van der Waals surface area contributed by atoms with Crippen molar-refractivity contribution in [2.24, 2.45) is 0 Å². The number of nitrogens with zero attached hydrogens (tertiary/aromatic N) is 6. The van der Waals surface area contributed by atoms with Crippen LogP contribution in [-0.2, 0) is 20.9 Å². The van der Waals surface area contributed by atoms with Gasteiger partial charge in [-0.15, -0.1) is 0 Å². The third-order valence-corrected chi connectivity index (χ3v) is 6.02. The number of ether oxygens (including phenoxy) is 1. The molecule has 194 valence electrons. The molecule has 12 nitrogen and oxygen atoms in total. The molecule has 4 heterocycles. The summed E-state index contributed by atoms with van der Waals surface area (Å²) in [6, 6.07) is 3.68. The van der Waals surface area contributed by atoms with Crippen LogP contribution in [0.4, 0.5) is 11.4 Å². The molecular formula is C25H30N8O4. The predicted octanol–water partition coefficient (Wildman–Crippen LogP) is 3.47. The van der Waals surface area contributed by atoms with Crippen molar-refractivity contribution in [3.05, 3.63) is 47.9 Å². The second kappa shape index (κ2) is 12.7. The van der Waals surface area contributed by atoms with Gasteiger partial charge in [0.25, 0.3) is 5.89 Å². The Kier molecular flexibility index (Phi) is 8.87. The number of rotatable bonds is 10. The largest absolute Gasteiger partial charge is 0.397 e. The lowest BCUT2D eigenvalue weighted by molar-refractivity contribution is -0.108. The smallest absolute Gasteiger partial charge is 0.252 e. The number of nitrogen functional groups attached to an aromatic ring is 1. The average molecular weight is 507 g/mol. The zero-order valence-electron chi connectivity index (χ0n) is 20.7. The number of amides is 1. The van der Waals surface area contributed by atoms with Gasteiger partial charge in [0.05, 0.1) is 35.7 Å². The third-order valence-electron chi connectivity index (χ3n) is 6.02. The lowest BCUT2D eigenvalue weighted by Crippen LogP contribution is -2.10. The molecule has 4 aromatic heterocycles. The first kappa shape index (κ1) is 25.9. The van der Waals surface area contributed by atoms with E-state index in [2.05, 4.69) is 30.5 Å². The number of aromatic nitrogens is 6. The minimum absolute atomic E-state index is 0.222. The van der Waals surface area contributed by atoms with Crippen LogP contribution in [0.15, 0.2) is 35.2 Å². The van der Waals surface area contributed by atoms with E-state index in [4.69, 9.17) is 15.0 Å². The van der Waals surface area contributed by atoms with Gasteiger partial charge in [-0.25, -0.2) is 9.50 Å². The Bertz CT molecular complexity index is 1330. The summed E-state index contributed by atoms with van der Waals surface area (Å²) in [5, 5.41) is 10.9. The molecule has 1 fully saturated rings. The number of carbonyl (C=O) groups is 2. The van der Waals surface area contributed by atoms with Crippen LogP contribution in [0.1, 0.15) is 61.6 Å². The number of anilines is 2. The Hall–Kier alpha value is -4.19. The molecule has 5 rings (SSSR count). The second-order valence-corrected chi connectivity index (χ2v) is 8.71. The monoisotopic (exact) mass is 506 g/mol. The van der Waals surface area contributed by atoms with Crippen LogP contribution in [0.5, 0.6) is 0 Å². The van der Waals surface area contributed by atoms with Crippen molar-refractivity contribution in [1.29, 1.82) is 0 Å². The topological polar surface area (TPSA) is 163 Å². The lowest BCUT2D eigenvalue weighted by Gasteiger charge is -2.15. The van der Waals surface area contributed by atoms with Crippen molar-refractivity contribution in [3.63, 3.8) is 0 Å². The number of aryl methyl sites for hydroxylation is 1. The molecule has 0 aliphatic heterocycles. The Morgan fingerprint density at radius 1 is 1.24 bits per heavy atom. The SMILES string of the molecule is Cc1cc(N)cnc1-c1noc(COCCCC=O)n1.O=CNc1cnc2ccnn2c1C1CCCC1.